The number of hydrogen-bond donors (Lipinski definition) is 3. The minimum atomic E-state index is 0.508. The first-order chi connectivity index (χ1) is 16.2. The quantitative estimate of drug-likeness (QED) is 0.342. The first kappa shape index (κ1) is 19.5. The molecule has 3 heterocycles. The lowest BCUT2D eigenvalue weighted by molar-refractivity contribution is -0.644. The second kappa shape index (κ2) is 7.74. The van der Waals surface area contributed by atoms with Crippen LogP contribution in [0, 0.1) is 0 Å². The molecule has 5 aromatic rings. The van der Waals surface area contributed by atoms with Crippen LogP contribution in [-0.2, 0) is 7.05 Å². The molecule has 1 saturated carbocycles. The third kappa shape index (κ3) is 3.49. The number of para-hydroxylation sites is 1. The van der Waals surface area contributed by atoms with Gasteiger partial charge in [0.2, 0.25) is 11.5 Å². The molecule has 0 radical (unpaired) electrons. The summed E-state index contributed by atoms with van der Waals surface area (Å²) in [5, 5.41) is 8.12. The van der Waals surface area contributed by atoms with E-state index in [4.69, 9.17) is 9.72 Å². The molecule has 164 valence electrons. The minimum Gasteiger partial charge on any atom is -0.496 e. The van der Waals surface area contributed by atoms with Crippen LogP contribution < -0.4 is 19.9 Å². The van der Waals surface area contributed by atoms with Gasteiger partial charge in [0.15, 0.2) is 5.52 Å². The van der Waals surface area contributed by atoms with Gasteiger partial charge < -0.3 is 15.0 Å². The lowest BCUT2D eigenvalue weighted by Gasteiger charge is -2.12. The highest BCUT2D eigenvalue weighted by Crippen LogP contribution is 2.35. The number of H-pyrrole nitrogens is 1. The number of anilines is 3. The van der Waals surface area contributed by atoms with E-state index in [9.17, 15) is 0 Å². The SMILES string of the molecule is COc1ccccc1-c1ccnc2ccc(Nc3nc4nc[nH]c4c(NC4CC4)[n+]3C)cc12. The molecule has 1 aliphatic carbocycles. The summed E-state index contributed by atoms with van der Waals surface area (Å²) in [6, 6.07) is 16.7. The van der Waals surface area contributed by atoms with Crippen LogP contribution in [0.2, 0.25) is 0 Å². The van der Waals surface area contributed by atoms with Crippen LogP contribution in [0.4, 0.5) is 17.5 Å². The molecule has 0 unspecified atom stereocenters. The number of aromatic amines is 1. The predicted octanol–water partition coefficient (Wildman–Crippen LogP) is 4.32. The predicted molar refractivity (Wildman–Crippen MR) is 129 cm³/mol. The van der Waals surface area contributed by atoms with Crippen molar-refractivity contribution in [2.45, 2.75) is 18.9 Å². The van der Waals surface area contributed by atoms with E-state index in [0.29, 0.717) is 17.6 Å². The van der Waals surface area contributed by atoms with Gasteiger partial charge in [0.05, 0.1) is 37.7 Å². The number of pyridine rings is 1. The minimum absolute atomic E-state index is 0.508. The Bertz CT molecular complexity index is 1490. The molecule has 1 fully saturated rings. The summed E-state index contributed by atoms with van der Waals surface area (Å²) in [5.74, 6) is 2.52. The standard InChI is InChI=1S/C25H23N7O/c1-32-24(29-15-7-8-15)22-23(28-14-27-22)31-25(32)30-16-9-10-20-19(13-16)17(11-12-26-20)18-5-3-4-6-21(18)33-2/h3-6,9-15H,7-8H2,1-2H3,(H2,27,28,29,30,31)/p+1. The number of ether oxygens (including phenoxy) is 1. The van der Waals surface area contributed by atoms with Crippen molar-refractivity contribution in [2.24, 2.45) is 7.05 Å². The summed E-state index contributed by atoms with van der Waals surface area (Å²) in [4.78, 5) is 16.9. The second-order valence-electron chi connectivity index (χ2n) is 8.28. The van der Waals surface area contributed by atoms with Crippen molar-refractivity contribution in [3.63, 3.8) is 0 Å². The molecule has 2 aromatic carbocycles. The third-order valence-corrected chi connectivity index (χ3v) is 6.03. The van der Waals surface area contributed by atoms with Crippen LogP contribution in [-0.4, -0.2) is 33.1 Å². The number of nitrogens with one attached hydrogen (secondary N) is 3. The zero-order valence-corrected chi connectivity index (χ0v) is 18.5. The summed E-state index contributed by atoms with van der Waals surface area (Å²) < 4.78 is 7.64. The van der Waals surface area contributed by atoms with Crippen molar-refractivity contribution in [2.75, 3.05) is 17.7 Å². The fourth-order valence-electron chi connectivity index (χ4n) is 4.15. The smallest absolute Gasteiger partial charge is 0.354 e. The van der Waals surface area contributed by atoms with Gasteiger partial charge in [-0.2, -0.15) is 0 Å². The molecule has 8 heteroatoms. The number of benzene rings is 2. The number of fused-ring (bicyclic) bond motifs is 2. The second-order valence-corrected chi connectivity index (χ2v) is 8.28. The van der Waals surface area contributed by atoms with E-state index in [1.807, 2.05) is 54.2 Å². The molecule has 0 aliphatic heterocycles. The Morgan fingerprint density at radius 2 is 1.94 bits per heavy atom. The van der Waals surface area contributed by atoms with Gasteiger partial charge in [-0.3, -0.25) is 10.3 Å². The average molecular weight is 439 g/mol. The molecule has 3 aromatic heterocycles. The van der Waals surface area contributed by atoms with Crippen molar-refractivity contribution < 1.29 is 9.30 Å². The lowest BCUT2D eigenvalue weighted by atomic mass is 10.00. The van der Waals surface area contributed by atoms with Gasteiger partial charge in [0, 0.05) is 17.1 Å². The molecule has 8 nitrogen and oxygen atoms in total. The fraction of sp³-hybridized carbons (Fsp3) is 0.200. The van der Waals surface area contributed by atoms with E-state index in [2.05, 4.69) is 37.7 Å². The number of methoxy groups -OCH3 is 1. The van der Waals surface area contributed by atoms with E-state index in [1.54, 1.807) is 13.4 Å². The van der Waals surface area contributed by atoms with E-state index >= 15 is 0 Å². The largest absolute Gasteiger partial charge is 0.496 e. The maximum Gasteiger partial charge on any atom is 0.354 e. The van der Waals surface area contributed by atoms with Gasteiger partial charge >= 0.3 is 5.95 Å². The summed E-state index contributed by atoms with van der Waals surface area (Å²) in [6.45, 7) is 0. The topological polar surface area (TPSA) is 91.6 Å². The van der Waals surface area contributed by atoms with Crippen molar-refractivity contribution in [1.29, 1.82) is 0 Å². The van der Waals surface area contributed by atoms with Crippen molar-refractivity contribution in [3.8, 4) is 16.9 Å². The van der Waals surface area contributed by atoms with Gasteiger partial charge in [0.25, 0.3) is 0 Å². The molecule has 0 bridgehead atoms. The van der Waals surface area contributed by atoms with Crippen molar-refractivity contribution in [3.05, 3.63) is 61.1 Å². The van der Waals surface area contributed by atoms with Gasteiger partial charge in [-0.1, -0.05) is 23.2 Å². The number of imidazole rings is 1. The van der Waals surface area contributed by atoms with Crippen LogP contribution in [0.5, 0.6) is 5.75 Å². The van der Waals surface area contributed by atoms with E-state index in [0.717, 1.165) is 44.8 Å². The zero-order chi connectivity index (χ0) is 22.4. The highest BCUT2D eigenvalue weighted by atomic mass is 16.5. The number of aromatic nitrogens is 5. The summed E-state index contributed by atoms with van der Waals surface area (Å²) in [6.07, 6.45) is 5.88. The van der Waals surface area contributed by atoms with Gasteiger partial charge in [-0.05, 0) is 48.7 Å². The molecule has 3 N–H and O–H groups in total. The van der Waals surface area contributed by atoms with Gasteiger partial charge in [-0.15, -0.1) is 0 Å². The van der Waals surface area contributed by atoms with Crippen molar-refractivity contribution >= 4 is 39.5 Å². The Kier molecular flexibility index (Phi) is 4.57. The Labute approximate surface area is 190 Å². The molecular weight excluding hydrogens is 414 g/mol. The highest BCUT2D eigenvalue weighted by molar-refractivity contribution is 5.97. The van der Waals surface area contributed by atoms with Crippen LogP contribution in [0.1, 0.15) is 12.8 Å². The fourth-order valence-corrected chi connectivity index (χ4v) is 4.15. The zero-order valence-electron chi connectivity index (χ0n) is 18.5. The first-order valence-corrected chi connectivity index (χ1v) is 11.0. The molecule has 0 saturated heterocycles. The maximum atomic E-state index is 5.61. The number of hydrogen-bond acceptors (Lipinski definition) is 6. The monoisotopic (exact) mass is 438 g/mol. The molecule has 0 spiro atoms. The van der Waals surface area contributed by atoms with E-state index in [-0.39, 0.29) is 0 Å². The van der Waals surface area contributed by atoms with E-state index in [1.165, 1.54) is 12.8 Å². The Hall–Kier alpha value is -4.20. The van der Waals surface area contributed by atoms with Crippen LogP contribution in [0.3, 0.4) is 0 Å². The normalized spacial score (nSPS) is 13.4. The van der Waals surface area contributed by atoms with E-state index < -0.39 is 0 Å². The third-order valence-electron chi connectivity index (χ3n) is 6.03. The summed E-state index contributed by atoms with van der Waals surface area (Å²) in [7, 11) is 3.70. The molecule has 1 aliphatic rings. The Morgan fingerprint density at radius 3 is 2.79 bits per heavy atom. The molecule has 33 heavy (non-hydrogen) atoms. The van der Waals surface area contributed by atoms with Gasteiger partial charge in [0.1, 0.15) is 5.75 Å². The van der Waals surface area contributed by atoms with Crippen LogP contribution in [0.15, 0.2) is 61.1 Å². The van der Waals surface area contributed by atoms with Crippen LogP contribution >= 0.6 is 0 Å². The molecule has 0 atom stereocenters. The molecule has 6 rings (SSSR count). The average Bonchev–Trinajstić information content (AvgIpc) is 3.55. The van der Waals surface area contributed by atoms with Gasteiger partial charge in [-0.25, -0.2) is 9.55 Å². The summed E-state index contributed by atoms with van der Waals surface area (Å²) >= 11 is 0. The number of nitrogens with zero attached hydrogens (tertiary/aromatic N) is 4. The maximum absolute atomic E-state index is 5.61. The highest BCUT2D eigenvalue weighted by Gasteiger charge is 2.28. The molecular formula is C25H24N7O+. The Balaban J connectivity index is 1.44. The summed E-state index contributed by atoms with van der Waals surface area (Å²) in [5.41, 5.74) is 5.52. The Morgan fingerprint density at radius 1 is 1.06 bits per heavy atom. The first-order valence-electron chi connectivity index (χ1n) is 11.0. The van der Waals surface area contributed by atoms with Crippen molar-refractivity contribution in [1.82, 2.24) is 19.9 Å². The number of rotatable bonds is 6. The van der Waals surface area contributed by atoms with Crippen LogP contribution in [0.25, 0.3) is 33.2 Å². The lowest BCUT2D eigenvalue weighted by Crippen LogP contribution is -2.37. The molecule has 0 amide bonds.